The molecule has 0 amide bonds. The Morgan fingerprint density at radius 1 is 1.20 bits per heavy atom. The van der Waals surface area contributed by atoms with E-state index in [1.807, 2.05) is 0 Å². The molecule has 0 aliphatic heterocycles. The molecule has 0 atom stereocenters. The van der Waals surface area contributed by atoms with Crippen LogP contribution in [0.25, 0.3) is 0 Å². The van der Waals surface area contributed by atoms with Crippen LogP contribution in [0.5, 0.6) is 0 Å². The molecule has 0 aliphatic rings. The smallest absolute Gasteiger partial charge is 1.00 e. The summed E-state index contributed by atoms with van der Waals surface area (Å²) in [6.45, 7) is 0. The Kier molecular flexibility index (Phi) is 17.2. The summed E-state index contributed by atoms with van der Waals surface area (Å²) < 4.78 is 0. The largest absolute Gasteiger partial charge is 2.00 e. The summed E-state index contributed by atoms with van der Waals surface area (Å²) >= 11 is 5.68. The van der Waals surface area contributed by atoms with Crippen molar-refractivity contribution in [1.82, 2.24) is 0 Å². The van der Waals surface area contributed by atoms with Crippen molar-refractivity contribution in [3.63, 3.8) is 0 Å². The fourth-order valence-corrected chi connectivity index (χ4v) is 0. The van der Waals surface area contributed by atoms with Gasteiger partial charge in [-0.05, 0) is 9.66 Å². The third kappa shape index (κ3) is 10.9. The first-order valence-corrected chi connectivity index (χ1v) is 2.21. The van der Waals surface area contributed by atoms with E-state index in [-0.39, 0.29) is 25.9 Å². The van der Waals surface area contributed by atoms with Crippen LogP contribution in [0, 0.1) is 9.66 Å². The maximum Gasteiger partial charge on any atom is 2.00 e. The van der Waals surface area contributed by atoms with E-state index in [1.165, 1.54) is 0 Å². The molecular formula is C2H2Br2Mg. The van der Waals surface area contributed by atoms with Crippen molar-refractivity contribution in [2.75, 3.05) is 0 Å². The monoisotopic (exact) mass is 208 g/mol. The Morgan fingerprint density at radius 3 is 1.40 bits per heavy atom. The third-order valence-corrected chi connectivity index (χ3v) is 0.964. The Labute approximate surface area is 67.1 Å². The van der Waals surface area contributed by atoms with Gasteiger partial charge in [-0.2, -0.15) is 0 Å². The van der Waals surface area contributed by atoms with E-state index in [1.54, 1.807) is 0 Å². The van der Waals surface area contributed by atoms with Gasteiger partial charge in [0.1, 0.15) is 0 Å². The normalized spacial score (nSPS) is 2.80. The molecule has 0 aliphatic carbocycles. The van der Waals surface area contributed by atoms with Crippen LogP contribution >= 0.6 is 31.9 Å². The predicted molar refractivity (Wildman–Crippen MR) is 33.6 cm³/mol. The first-order valence-electron chi connectivity index (χ1n) is 0.628. The van der Waals surface area contributed by atoms with Gasteiger partial charge in [-0.1, -0.05) is 0 Å². The molecule has 26 valence electrons. The number of hydrogen-bond acceptors (Lipinski definition) is 0. The fourth-order valence-electron chi connectivity index (χ4n) is 0. The van der Waals surface area contributed by atoms with Crippen LogP contribution in [0.15, 0.2) is 0 Å². The van der Waals surface area contributed by atoms with Crippen molar-refractivity contribution in [3.8, 4) is 9.66 Å². The van der Waals surface area contributed by atoms with Crippen LogP contribution in [0.2, 0.25) is 0 Å². The maximum atomic E-state index is 2.84. The first kappa shape index (κ1) is 9.56. The van der Waals surface area contributed by atoms with Crippen molar-refractivity contribution in [2.24, 2.45) is 0 Å². The number of rotatable bonds is 0. The van der Waals surface area contributed by atoms with Crippen molar-refractivity contribution >= 4 is 54.9 Å². The maximum absolute atomic E-state index is 2.84. The molecule has 0 N–H and O–H groups in total. The molecule has 0 fully saturated rings. The van der Waals surface area contributed by atoms with Gasteiger partial charge in [0.25, 0.3) is 0 Å². The summed E-state index contributed by atoms with van der Waals surface area (Å²) in [5, 5.41) is 0. The number of hydrogen-bond donors (Lipinski definition) is 0. The zero-order chi connectivity index (χ0) is 3.41. The van der Waals surface area contributed by atoms with Crippen LogP contribution in [-0.4, -0.2) is 23.1 Å². The molecule has 0 radical (unpaired) electrons. The molecule has 0 aromatic heterocycles. The average Bonchev–Trinajstić information content (AvgIpc) is 1.37. The number of halogens is 2. The molecule has 3 heteroatoms. The SMILES string of the molecule is BrC#CBr.[H-].[H-].[Mg+2]. The van der Waals surface area contributed by atoms with Gasteiger partial charge in [0, 0.05) is 31.9 Å². The van der Waals surface area contributed by atoms with Gasteiger partial charge in [-0.15, -0.1) is 0 Å². The van der Waals surface area contributed by atoms with E-state index >= 15 is 0 Å². The Balaban J connectivity index is -0.0000000150. The zero-order valence-corrected chi connectivity index (χ0v) is 7.05. The Bertz CT molecular complexity index is 50.4. The molecule has 0 aromatic rings. The minimum atomic E-state index is 0. The second-order valence-corrected chi connectivity index (χ2v) is 0.982. The van der Waals surface area contributed by atoms with Crippen molar-refractivity contribution in [1.29, 1.82) is 0 Å². The topological polar surface area (TPSA) is 0 Å². The quantitative estimate of drug-likeness (QED) is 0.420. The predicted octanol–water partition coefficient (Wildman–Crippen LogP) is 1.54. The van der Waals surface area contributed by atoms with E-state index in [0.29, 0.717) is 0 Å². The standard InChI is InChI=1S/C2Br2.Mg.2H/c3-1-2-4;;;/q;+2;2*-1. The molecule has 5 heavy (non-hydrogen) atoms. The Hall–Kier alpha value is 1.29. The summed E-state index contributed by atoms with van der Waals surface area (Å²) in [7, 11) is 0. The third-order valence-electron chi connectivity index (χ3n) is 0.0357. The van der Waals surface area contributed by atoms with E-state index in [2.05, 4.69) is 41.5 Å². The molecule has 0 aromatic carbocycles. The summed E-state index contributed by atoms with van der Waals surface area (Å²) in [4.78, 5) is 4.82. The van der Waals surface area contributed by atoms with E-state index in [9.17, 15) is 0 Å². The van der Waals surface area contributed by atoms with Gasteiger partial charge in [0.05, 0.1) is 0 Å². The first-order chi connectivity index (χ1) is 1.91. The van der Waals surface area contributed by atoms with Crippen LogP contribution in [0.4, 0.5) is 0 Å². The Morgan fingerprint density at radius 2 is 1.40 bits per heavy atom. The second-order valence-electron chi connectivity index (χ2n) is 0.189. The molecule has 0 unspecified atom stereocenters. The molecule has 0 nitrogen and oxygen atoms in total. The van der Waals surface area contributed by atoms with Gasteiger partial charge in [-0.25, -0.2) is 0 Å². The van der Waals surface area contributed by atoms with E-state index < -0.39 is 0 Å². The molecule has 0 spiro atoms. The van der Waals surface area contributed by atoms with Gasteiger partial charge < -0.3 is 2.85 Å². The zero-order valence-electron chi connectivity index (χ0n) is 4.46. The summed E-state index contributed by atoms with van der Waals surface area (Å²) in [5.74, 6) is 0. The molecule has 0 saturated carbocycles. The molecule has 0 saturated heterocycles. The molecule has 0 bridgehead atoms. The van der Waals surface area contributed by atoms with Crippen LogP contribution < -0.4 is 0 Å². The van der Waals surface area contributed by atoms with Crippen molar-refractivity contribution in [2.45, 2.75) is 0 Å². The minimum absolute atomic E-state index is 0. The molecule has 0 rings (SSSR count). The van der Waals surface area contributed by atoms with E-state index in [4.69, 9.17) is 0 Å². The van der Waals surface area contributed by atoms with Crippen LogP contribution in [0.1, 0.15) is 2.85 Å². The van der Waals surface area contributed by atoms with Crippen molar-refractivity contribution in [3.05, 3.63) is 0 Å². The minimum Gasteiger partial charge on any atom is -1.00 e. The summed E-state index contributed by atoms with van der Waals surface area (Å²) in [5.41, 5.74) is 0. The van der Waals surface area contributed by atoms with Gasteiger partial charge in [-0.3, -0.25) is 0 Å². The van der Waals surface area contributed by atoms with Gasteiger partial charge in [0.2, 0.25) is 0 Å². The van der Waals surface area contributed by atoms with Gasteiger partial charge >= 0.3 is 23.1 Å². The summed E-state index contributed by atoms with van der Waals surface area (Å²) in [6.07, 6.45) is 0. The van der Waals surface area contributed by atoms with Crippen LogP contribution in [-0.2, 0) is 0 Å². The molecular weight excluding hydrogens is 208 g/mol. The molecule has 0 heterocycles. The van der Waals surface area contributed by atoms with Gasteiger partial charge in [0.15, 0.2) is 0 Å². The second kappa shape index (κ2) is 8.99. The van der Waals surface area contributed by atoms with Crippen LogP contribution in [0.3, 0.4) is 0 Å². The van der Waals surface area contributed by atoms with E-state index in [0.717, 1.165) is 0 Å². The average molecular weight is 210 g/mol. The fraction of sp³-hybridized carbons (Fsp3) is 0. The summed E-state index contributed by atoms with van der Waals surface area (Å²) in [6, 6.07) is 0. The van der Waals surface area contributed by atoms with Crippen molar-refractivity contribution < 1.29 is 2.85 Å².